The van der Waals surface area contributed by atoms with Gasteiger partial charge in [-0.05, 0) is 25.0 Å². The van der Waals surface area contributed by atoms with Crippen molar-refractivity contribution in [1.29, 1.82) is 0 Å². The van der Waals surface area contributed by atoms with Crippen molar-refractivity contribution in [2.24, 2.45) is 5.92 Å². The van der Waals surface area contributed by atoms with Gasteiger partial charge in [0.25, 0.3) is 0 Å². The zero-order valence-corrected chi connectivity index (χ0v) is 10.6. The number of nitrogens with zero attached hydrogens (tertiary/aromatic N) is 2. The van der Waals surface area contributed by atoms with Gasteiger partial charge in [-0.3, -0.25) is 4.98 Å². The van der Waals surface area contributed by atoms with E-state index in [4.69, 9.17) is 0 Å². The molecule has 90 valence electrons. The van der Waals surface area contributed by atoms with Gasteiger partial charge in [-0.15, -0.1) is 0 Å². The molecule has 1 heterocycles. The quantitative estimate of drug-likeness (QED) is 0.832. The Kier molecular flexibility index (Phi) is 4.74. The Bertz CT molecular complexity index is 308. The first kappa shape index (κ1) is 13.0. The van der Waals surface area contributed by atoms with Gasteiger partial charge in [0.15, 0.2) is 0 Å². The molecule has 0 radical (unpaired) electrons. The lowest BCUT2D eigenvalue weighted by Gasteiger charge is -2.22. The van der Waals surface area contributed by atoms with Crippen LogP contribution in [0.15, 0.2) is 18.3 Å². The summed E-state index contributed by atoms with van der Waals surface area (Å²) in [6.45, 7) is 7.21. The maximum atomic E-state index is 9.36. The van der Waals surface area contributed by atoms with Gasteiger partial charge < -0.3 is 10.0 Å². The molecule has 0 aliphatic rings. The van der Waals surface area contributed by atoms with E-state index in [9.17, 15) is 5.11 Å². The van der Waals surface area contributed by atoms with Gasteiger partial charge >= 0.3 is 0 Å². The van der Waals surface area contributed by atoms with Crippen LogP contribution in [0.1, 0.15) is 39.0 Å². The third kappa shape index (κ3) is 3.49. The van der Waals surface area contributed by atoms with Crippen molar-refractivity contribution in [1.82, 2.24) is 4.98 Å². The average molecular weight is 222 g/mol. The second-order valence-corrected chi connectivity index (χ2v) is 4.51. The van der Waals surface area contributed by atoms with Gasteiger partial charge in [0.1, 0.15) is 0 Å². The predicted octanol–water partition coefficient (Wildman–Crippen LogP) is 2.62. The number of aromatic nitrogens is 1. The van der Waals surface area contributed by atoms with Gasteiger partial charge in [0.2, 0.25) is 0 Å². The maximum absolute atomic E-state index is 9.36. The van der Waals surface area contributed by atoms with Crippen LogP contribution in [0, 0.1) is 5.92 Å². The van der Waals surface area contributed by atoms with E-state index < -0.39 is 6.10 Å². The Labute approximate surface area is 98.1 Å². The Morgan fingerprint density at radius 3 is 2.50 bits per heavy atom. The zero-order chi connectivity index (χ0) is 12.1. The van der Waals surface area contributed by atoms with E-state index in [0.717, 1.165) is 17.9 Å². The third-order valence-electron chi connectivity index (χ3n) is 2.92. The molecule has 0 aliphatic carbocycles. The van der Waals surface area contributed by atoms with Gasteiger partial charge in [-0.2, -0.15) is 0 Å². The molecule has 1 aromatic heterocycles. The third-order valence-corrected chi connectivity index (χ3v) is 2.92. The Hall–Kier alpha value is -1.09. The molecule has 0 spiro atoms. The van der Waals surface area contributed by atoms with Crippen LogP contribution >= 0.6 is 0 Å². The van der Waals surface area contributed by atoms with Gasteiger partial charge in [0.05, 0.1) is 23.7 Å². The molecule has 0 aliphatic heterocycles. The highest BCUT2D eigenvalue weighted by molar-refractivity contribution is 5.43. The second kappa shape index (κ2) is 5.85. The SMILES string of the molecule is CCC(C)CN(C)c1ccc([C@@H](C)O)nc1. The fourth-order valence-electron chi connectivity index (χ4n) is 1.57. The summed E-state index contributed by atoms with van der Waals surface area (Å²) < 4.78 is 0. The lowest BCUT2D eigenvalue weighted by atomic mass is 10.1. The van der Waals surface area contributed by atoms with Crippen molar-refractivity contribution >= 4 is 5.69 Å². The lowest BCUT2D eigenvalue weighted by Crippen LogP contribution is -2.23. The number of pyridine rings is 1. The van der Waals surface area contributed by atoms with Crippen LogP contribution in [0.3, 0.4) is 0 Å². The summed E-state index contributed by atoms with van der Waals surface area (Å²) in [6, 6.07) is 3.89. The molecule has 0 bridgehead atoms. The smallest absolute Gasteiger partial charge is 0.0931 e. The number of aliphatic hydroxyl groups excluding tert-OH is 1. The molecule has 2 atom stereocenters. The van der Waals surface area contributed by atoms with Crippen LogP contribution in [0.5, 0.6) is 0 Å². The largest absolute Gasteiger partial charge is 0.387 e. The standard InChI is InChI=1S/C13H22N2O/c1-5-10(2)9-15(4)12-6-7-13(11(3)16)14-8-12/h6-8,10-11,16H,5,9H2,1-4H3/t10?,11-/m1/s1. The zero-order valence-electron chi connectivity index (χ0n) is 10.6. The molecule has 1 rings (SSSR count). The number of rotatable bonds is 5. The first-order valence-electron chi connectivity index (χ1n) is 5.89. The normalized spacial score (nSPS) is 14.6. The second-order valence-electron chi connectivity index (χ2n) is 4.51. The van der Waals surface area contributed by atoms with Crippen LogP contribution in [0.4, 0.5) is 5.69 Å². The van der Waals surface area contributed by atoms with E-state index in [1.54, 1.807) is 6.92 Å². The van der Waals surface area contributed by atoms with Gasteiger partial charge in [-0.1, -0.05) is 20.3 Å². The number of hydrogen-bond donors (Lipinski definition) is 1. The van der Waals surface area contributed by atoms with Crippen molar-refractivity contribution in [3.63, 3.8) is 0 Å². The summed E-state index contributed by atoms with van der Waals surface area (Å²) in [7, 11) is 2.07. The minimum absolute atomic E-state index is 0.492. The molecule has 1 unspecified atom stereocenters. The average Bonchev–Trinajstić information content (AvgIpc) is 2.28. The Balaban J connectivity index is 2.66. The van der Waals surface area contributed by atoms with Crippen molar-refractivity contribution < 1.29 is 5.11 Å². The minimum atomic E-state index is -0.492. The minimum Gasteiger partial charge on any atom is -0.387 e. The number of hydrogen-bond acceptors (Lipinski definition) is 3. The molecule has 0 fully saturated rings. The number of aliphatic hydroxyl groups is 1. The summed E-state index contributed by atoms with van der Waals surface area (Å²) in [4.78, 5) is 6.44. The van der Waals surface area contributed by atoms with Crippen molar-refractivity contribution in [2.45, 2.75) is 33.3 Å². The van der Waals surface area contributed by atoms with Crippen LogP contribution in [-0.4, -0.2) is 23.7 Å². The topological polar surface area (TPSA) is 36.4 Å². The molecule has 3 nitrogen and oxygen atoms in total. The molecule has 0 aromatic carbocycles. The van der Waals surface area contributed by atoms with E-state index in [1.807, 2.05) is 18.3 Å². The van der Waals surface area contributed by atoms with E-state index in [1.165, 1.54) is 6.42 Å². The van der Waals surface area contributed by atoms with Gasteiger partial charge in [0, 0.05) is 13.6 Å². The first-order chi connectivity index (χ1) is 7.54. The van der Waals surface area contributed by atoms with E-state index in [2.05, 4.69) is 30.8 Å². The molecule has 0 saturated carbocycles. The van der Waals surface area contributed by atoms with Crippen molar-refractivity contribution in [3.8, 4) is 0 Å². The molecule has 3 heteroatoms. The Morgan fingerprint density at radius 1 is 1.38 bits per heavy atom. The van der Waals surface area contributed by atoms with Crippen LogP contribution < -0.4 is 4.90 Å². The monoisotopic (exact) mass is 222 g/mol. The molecule has 1 aromatic rings. The fraction of sp³-hybridized carbons (Fsp3) is 0.615. The highest BCUT2D eigenvalue weighted by Gasteiger charge is 2.07. The first-order valence-corrected chi connectivity index (χ1v) is 5.89. The molecule has 0 amide bonds. The number of anilines is 1. The Morgan fingerprint density at radius 2 is 2.06 bits per heavy atom. The molecular formula is C13H22N2O. The summed E-state index contributed by atoms with van der Waals surface area (Å²) >= 11 is 0. The van der Waals surface area contributed by atoms with Crippen molar-refractivity contribution in [3.05, 3.63) is 24.0 Å². The van der Waals surface area contributed by atoms with Gasteiger partial charge in [-0.25, -0.2) is 0 Å². The predicted molar refractivity (Wildman–Crippen MR) is 67.6 cm³/mol. The van der Waals surface area contributed by atoms with E-state index in [0.29, 0.717) is 5.92 Å². The summed E-state index contributed by atoms with van der Waals surface area (Å²) in [5, 5.41) is 9.36. The van der Waals surface area contributed by atoms with Crippen LogP contribution in [0.25, 0.3) is 0 Å². The fourth-order valence-corrected chi connectivity index (χ4v) is 1.57. The lowest BCUT2D eigenvalue weighted by molar-refractivity contribution is 0.194. The summed E-state index contributed by atoms with van der Waals surface area (Å²) in [5.74, 6) is 0.682. The van der Waals surface area contributed by atoms with E-state index in [-0.39, 0.29) is 0 Å². The highest BCUT2D eigenvalue weighted by Crippen LogP contribution is 2.16. The molecule has 0 saturated heterocycles. The summed E-state index contributed by atoms with van der Waals surface area (Å²) in [6.07, 6.45) is 2.52. The highest BCUT2D eigenvalue weighted by atomic mass is 16.3. The summed E-state index contributed by atoms with van der Waals surface area (Å²) in [5.41, 5.74) is 1.82. The molecule has 16 heavy (non-hydrogen) atoms. The molecule has 1 N–H and O–H groups in total. The van der Waals surface area contributed by atoms with E-state index >= 15 is 0 Å². The van der Waals surface area contributed by atoms with Crippen LogP contribution in [-0.2, 0) is 0 Å². The van der Waals surface area contributed by atoms with Crippen LogP contribution in [0.2, 0.25) is 0 Å². The van der Waals surface area contributed by atoms with Crippen molar-refractivity contribution in [2.75, 3.05) is 18.5 Å². The molecular weight excluding hydrogens is 200 g/mol. The maximum Gasteiger partial charge on any atom is 0.0931 e.